The van der Waals surface area contributed by atoms with Crippen LogP contribution in [0.3, 0.4) is 0 Å². The standard InChI is InChI=1S/C28H26Cl2N4O2S2/c1-3-17(2)31-23(35)15-33-24(36)16-38-27(18-8-6-9-19(29)14-18)25-26(22-12-7-13-37-22)32-34(28(25)33)21-11-5-4-10-20(21)30/h4-14,17,27H,3,15-16H2,1-2H3,(H,31,35)/t17-,27+/m1/s1. The average molecular weight is 586 g/mol. The third kappa shape index (κ3) is 5.36. The van der Waals surface area contributed by atoms with E-state index in [2.05, 4.69) is 5.32 Å². The van der Waals surface area contributed by atoms with Gasteiger partial charge in [-0.25, -0.2) is 4.68 Å². The first-order valence-corrected chi connectivity index (χ1v) is 14.9. The molecule has 0 spiro atoms. The third-order valence-corrected chi connectivity index (χ3v) is 9.08. The molecule has 0 radical (unpaired) electrons. The summed E-state index contributed by atoms with van der Waals surface area (Å²) in [5.74, 6) is 0.329. The quantitative estimate of drug-likeness (QED) is 0.254. The maximum absolute atomic E-state index is 13.7. The lowest BCUT2D eigenvalue weighted by atomic mass is 10.0. The van der Waals surface area contributed by atoms with Gasteiger partial charge in [0.15, 0.2) is 0 Å². The third-order valence-electron chi connectivity index (χ3n) is 6.40. The van der Waals surface area contributed by atoms with Crippen LogP contribution in [-0.2, 0) is 9.59 Å². The largest absolute Gasteiger partial charge is 0.352 e. The SMILES string of the molecule is CC[C@@H](C)NC(=O)CN1C(=O)CS[C@@H](c2cccc(Cl)c2)c2c(-c3cccs3)nn(-c3ccccc3Cl)c21. The number of thiophene rings is 1. The Morgan fingerprint density at radius 1 is 1.16 bits per heavy atom. The number of halogens is 2. The zero-order valence-corrected chi connectivity index (χ0v) is 24.0. The summed E-state index contributed by atoms with van der Waals surface area (Å²) >= 11 is 16.1. The number of thioether (sulfide) groups is 1. The van der Waals surface area contributed by atoms with E-state index in [0.717, 1.165) is 28.1 Å². The summed E-state index contributed by atoms with van der Waals surface area (Å²) in [6, 6.07) is 19.0. The van der Waals surface area contributed by atoms with E-state index in [0.29, 0.717) is 21.6 Å². The second-order valence-corrected chi connectivity index (χ2v) is 11.9. The van der Waals surface area contributed by atoms with Crippen LogP contribution in [0.25, 0.3) is 16.3 Å². The number of para-hydroxylation sites is 1. The molecule has 0 saturated heterocycles. The van der Waals surface area contributed by atoms with Gasteiger partial charge in [-0.05, 0) is 54.6 Å². The van der Waals surface area contributed by atoms with Crippen LogP contribution in [0.2, 0.25) is 10.0 Å². The summed E-state index contributed by atoms with van der Waals surface area (Å²) in [5, 5.41) is 10.9. The number of anilines is 1. The lowest BCUT2D eigenvalue weighted by Gasteiger charge is -2.24. The van der Waals surface area contributed by atoms with Crippen molar-refractivity contribution in [1.29, 1.82) is 0 Å². The normalized spacial score (nSPS) is 16.2. The first-order valence-electron chi connectivity index (χ1n) is 12.3. The van der Waals surface area contributed by atoms with Crippen LogP contribution in [-0.4, -0.2) is 39.9 Å². The highest BCUT2D eigenvalue weighted by Gasteiger charge is 2.38. The Bertz CT molecular complexity index is 1470. The fourth-order valence-corrected chi connectivity index (χ4v) is 6.73. The molecule has 196 valence electrons. The van der Waals surface area contributed by atoms with Crippen molar-refractivity contribution in [1.82, 2.24) is 15.1 Å². The number of nitrogens with zero attached hydrogens (tertiary/aromatic N) is 3. The number of rotatable bonds is 7. The van der Waals surface area contributed by atoms with Crippen LogP contribution in [0, 0.1) is 0 Å². The van der Waals surface area contributed by atoms with Gasteiger partial charge in [0.05, 0.1) is 26.6 Å². The van der Waals surface area contributed by atoms with Crippen molar-refractivity contribution in [2.45, 2.75) is 31.6 Å². The van der Waals surface area contributed by atoms with Gasteiger partial charge in [0, 0.05) is 16.6 Å². The molecule has 2 aromatic heterocycles. The van der Waals surface area contributed by atoms with E-state index in [1.807, 2.05) is 73.8 Å². The van der Waals surface area contributed by atoms with Gasteiger partial charge in [0.25, 0.3) is 0 Å². The topological polar surface area (TPSA) is 67.2 Å². The number of carbonyl (C=O) groups is 2. The minimum atomic E-state index is -0.247. The monoisotopic (exact) mass is 584 g/mol. The highest BCUT2D eigenvalue weighted by atomic mass is 35.5. The maximum atomic E-state index is 13.7. The average Bonchev–Trinajstić information content (AvgIpc) is 3.53. The van der Waals surface area contributed by atoms with Gasteiger partial charge in [0.2, 0.25) is 11.8 Å². The first-order chi connectivity index (χ1) is 18.4. The van der Waals surface area contributed by atoms with Crippen molar-refractivity contribution < 1.29 is 9.59 Å². The Labute approximate surface area is 239 Å². The number of nitrogens with one attached hydrogen (secondary N) is 1. The predicted octanol–water partition coefficient (Wildman–Crippen LogP) is 6.99. The predicted molar refractivity (Wildman–Crippen MR) is 158 cm³/mol. The molecule has 2 aromatic carbocycles. The van der Waals surface area contributed by atoms with E-state index >= 15 is 0 Å². The van der Waals surface area contributed by atoms with Crippen LogP contribution in [0.1, 0.15) is 36.6 Å². The van der Waals surface area contributed by atoms with Gasteiger partial charge >= 0.3 is 0 Å². The van der Waals surface area contributed by atoms with E-state index < -0.39 is 0 Å². The van der Waals surface area contributed by atoms with E-state index in [9.17, 15) is 9.59 Å². The summed E-state index contributed by atoms with van der Waals surface area (Å²) < 4.78 is 1.71. The minimum Gasteiger partial charge on any atom is -0.352 e. The summed E-state index contributed by atoms with van der Waals surface area (Å²) in [7, 11) is 0. The summed E-state index contributed by atoms with van der Waals surface area (Å²) in [6.45, 7) is 3.83. The molecule has 0 aliphatic carbocycles. The molecule has 6 nitrogen and oxygen atoms in total. The summed E-state index contributed by atoms with van der Waals surface area (Å²) in [4.78, 5) is 29.3. The van der Waals surface area contributed by atoms with Gasteiger partial charge in [-0.2, -0.15) is 5.10 Å². The lowest BCUT2D eigenvalue weighted by molar-refractivity contribution is -0.123. The molecular formula is C28H26Cl2N4O2S2. The number of aromatic nitrogens is 2. The fraction of sp³-hybridized carbons (Fsp3) is 0.250. The van der Waals surface area contributed by atoms with E-state index in [-0.39, 0.29) is 35.4 Å². The molecule has 2 amide bonds. The van der Waals surface area contributed by atoms with Crippen LogP contribution >= 0.6 is 46.3 Å². The van der Waals surface area contributed by atoms with Crippen LogP contribution in [0.5, 0.6) is 0 Å². The zero-order chi connectivity index (χ0) is 26.8. The molecule has 0 unspecified atom stereocenters. The van der Waals surface area contributed by atoms with Gasteiger partial charge in [-0.1, -0.05) is 60.5 Å². The molecule has 0 saturated carbocycles. The maximum Gasteiger partial charge on any atom is 0.240 e. The molecule has 1 N–H and O–H groups in total. The molecule has 1 aliphatic heterocycles. The fourth-order valence-electron chi connectivity index (χ4n) is 4.40. The highest BCUT2D eigenvalue weighted by molar-refractivity contribution is 8.00. The highest BCUT2D eigenvalue weighted by Crippen LogP contribution is 2.49. The van der Waals surface area contributed by atoms with Crippen molar-refractivity contribution in [3.63, 3.8) is 0 Å². The van der Waals surface area contributed by atoms with E-state index in [1.165, 1.54) is 11.8 Å². The Morgan fingerprint density at radius 3 is 2.68 bits per heavy atom. The molecule has 2 atom stereocenters. The van der Waals surface area contributed by atoms with E-state index in [1.54, 1.807) is 27.0 Å². The number of amides is 2. The molecule has 0 fully saturated rings. The van der Waals surface area contributed by atoms with Gasteiger partial charge in [-0.15, -0.1) is 23.1 Å². The summed E-state index contributed by atoms with van der Waals surface area (Å²) in [5.41, 5.74) is 3.18. The zero-order valence-electron chi connectivity index (χ0n) is 20.9. The molecule has 0 bridgehead atoms. The lowest BCUT2D eigenvalue weighted by Crippen LogP contribution is -2.44. The van der Waals surface area contributed by atoms with Crippen molar-refractivity contribution in [2.24, 2.45) is 0 Å². The molecule has 3 heterocycles. The molecule has 38 heavy (non-hydrogen) atoms. The van der Waals surface area contributed by atoms with Crippen molar-refractivity contribution in [3.05, 3.63) is 87.2 Å². The molecular weight excluding hydrogens is 559 g/mol. The Morgan fingerprint density at radius 2 is 1.97 bits per heavy atom. The van der Waals surface area contributed by atoms with Crippen LogP contribution in [0.15, 0.2) is 66.0 Å². The number of fused-ring (bicyclic) bond motifs is 1. The second kappa shape index (κ2) is 11.5. The van der Waals surface area contributed by atoms with Crippen LogP contribution in [0.4, 0.5) is 5.82 Å². The Kier molecular flexibility index (Phi) is 8.14. The minimum absolute atomic E-state index is 0.00667. The van der Waals surface area contributed by atoms with Crippen LogP contribution < -0.4 is 10.2 Å². The Balaban J connectivity index is 1.78. The first kappa shape index (κ1) is 26.8. The Hall–Kier alpha value is -2.78. The number of benzene rings is 2. The molecule has 4 aromatic rings. The van der Waals surface area contributed by atoms with Gasteiger partial charge in [0.1, 0.15) is 18.1 Å². The number of hydrogen-bond donors (Lipinski definition) is 1. The smallest absolute Gasteiger partial charge is 0.240 e. The molecule has 5 rings (SSSR count). The van der Waals surface area contributed by atoms with Crippen molar-refractivity contribution in [2.75, 3.05) is 17.2 Å². The van der Waals surface area contributed by atoms with E-state index in [4.69, 9.17) is 28.3 Å². The summed E-state index contributed by atoms with van der Waals surface area (Å²) in [6.07, 6.45) is 0.789. The van der Waals surface area contributed by atoms with Crippen molar-refractivity contribution >= 4 is 63.9 Å². The van der Waals surface area contributed by atoms with Crippen molar-refractivity contribution in [3.8, 4) is 16.3 Å². The number of carbonyl (C=O) groups excluding carboxylic acids is 2. The molecule has 10 heteroatoms. The van der Waals surface area contributed by atoms with Gasteiger partial charge < -0.3 is 5.32 Å². The second-order valence-electron chi connectivity index (χ2n) is 9.03. The number of hydrogen-bond acceptors (Lipinski definition) is 5. The molecule has 1 aliphatic rings. The van der Waals surface area contributed by atoms with Gasteiger partial charge in [-0.3, -0.25) is 14.5 Å².